The third-order valence-electron chi connectivity index (χ3n) is 7.75. The normalized spacial score (nSPS) is 15.4. The van der Waals surface area contributed by atoms with Gasteiger partial charge in [0, 0.05) is 53.2 Å². The predicted octanol–water partition coefficient (Wildman–Crippen LogP) is 7.07. The SMILES string of the molecule is Cc1cc(-c2cc(F)c(=O)n(CC3CCCCC3)c2)nc([S+]([O-])CCC(OCc2ccc(F)cc2F)c2ccccc2)n1. The zero-order valence-electron chi connectivity index (χ0n) is 24.0. The zero-order chi connectivity index (χ0) is 30.3. The zero-order valence-corrected chi connectivity index (χ0v) is 24.8. The van der Waals surface area contributed by atoms with Crippen LogP contribution in [0.25, 0.3) is 11.3 Å². The summed E-state index contributed by atoms with van der Waals surface area (Å²) in [7, 11) is 0. The summed E-state index contributed by atoms with van der Waals surface area (Å²) in [5.74, 6) is -1.75. The van der Waals surface area contributed by atoms with Gasteiger partial charge in [-0.25, -0.2) is 13.2 Å². The van der Waals surface area contributed by atoms with Crippen LogP contribution in [0.5, 0.6) is 0 Å². The van der Waals surface area contributed by atoms with Crippen molar-refractivity contribution in [2.24, 2.45) is 5.92 Å². The Morgan fingerprint density at radius 3 is 2.51 bits per heavy atom. The summed E-state index contributed by atoms with van der Waals surface area (Å²) in [5, 5.41) is 0.0943. The van der Waals surface area contributed by atoms with Gasteiger partial charge in [-0.15, -0.1) is 0 Å². The lowest BCUT2D eigenvalue weighted by Crippen LogP contribution is -2.27. The minimum absolute atomic E-state index is 0.0917. The van der Waals surface area contributed by atoms with Gasteiger partial charge >= 0.3 is 5.16 Å². The van der Waals surface area contributed by atoms with E-state index in [1.54, 1.807) is 19.2 Å². The van der Waals surface area contributed by atoms with E-state index in [0.29, 0.717) is 35.8 Å². The molecule has 0 radical (unpaired) electrons. The van der Waals surface area contributed by atoms with Gasteiger partial charge in [-0.1, -0.05) is 55.7 Å². The van der Waals surface area contributed by atoms with Gasteiger partial charge in [-0.05, 0) is 49.4 Å². The standard InChI is InChI=1S/C33H34F3N3O3S/c1-22-16-30(26-17-29(36)32(40)39(20-26)19-23-8-4-2-5-9-23)38-33(37-22)43(41)15-14-31(24-10-6-3-7-11-24)42-21-25-12-13-27(34)18-28(25)35/h3,6-7,10-13,16-18,20,23,31H,2,4-5,8-9,14-15,19,21H2,1H3. The molecule has 2 atom stereocenters. The van der Waals surface area contributed by atoms with Crippen LogP contribution in [-0.2, 0) is 29.1 Å². The molecule has 1 saturated carbocycles. The molecule has 43 heavy (non-hydrogen) atoms. The Kier molecular flexibility index (Phi) is 10.3. The summed E-state index contributed by atoms with van der Waals surface area (Å²) >= 11 is -1.64. The maximum absolute atomic E-state index is 14.8. The molecular formula is C33H34F3N3O3S. The summed E-state index contributed by atoms with van der Waals surface area (Å²) in [6.07, 6.45) is 6.86. The van der Waals surface area contributed by atoms with Gasteiger partial charge in [0.1, 0.15) is 17.4 Å². The lowest BCUT2D eigenvalue weighted by molar-refractivity contribution is 0.0360. The van der Waals surface area contributed by atoms with Crippen LogP contribution in [0, 0.1) is 30.3 Å². The molecule has 0 bridgehead atoms. The first-order valence-corrected chi connectivity index (χ1v) is 15.8. The highest BCUT2D eigenvalue weighted by Gasteiger charge is 2.23. The molecule has 5 rings (SSSR count). The van der Waals surface area contributed by atoms with E-state index in [2.05, 4.69) is 9.97 Å². The van der Waals surface area contributed by atoms with E-state index in [4.69, 9.17) is 4.74 Å². The van der Waals surface area contributed by atoms with Crippen LogP contribution in [0.15, 0.2) is 76.8 Å². The Morgan fingerprint density at radius 2 is 1.77 bits per heavy atom. The number of hydrogen-bond donors (Lipinski definition) is 0. The van der Waals surface area contributed by atoms with Gasteiger partial charge < -0.3 is 13.9 Å². The molecule has 4 aromatic rings. The van der Waals surface area contributed by atoms with Crippen molar-refractivity contribution in [1.82, 2.24) is 14.5 Å². The molecule has 1 aliphatic carbocycles. The Morgan fingerprint density at radius 1 is 1.00 bits per heavy atom. The Labute approximate surface area is 252 Å². The van der Waals surface area contributed by atoms with Crippen molar-refractivity contribution in [1.29, 1.82) is 0 Å². The van der Waals surface area contributed by atoms with Crippen molar-refractivity contribution in [3.8, 4) is 11.3 Å². The van der Waals surface area contributed by atoms with E-state index >= 15 is 0 Å². The molecule has 0 spiro atoms. The molecule has 2 unspecified atom stereocenters. The number of benzene rings is 2. The smallest absolute Gasteiger partial charge is 0.343 e. The number of aryl methyl sites for hydroxylation is 1. The molecular weight excluding hydrogens is 575 g/mol. The molecule has 226 valence electrons. The lowest BCUT2D eigenvalue weighted by Gasteiger charge is -2.22. The number of ether oxygens (including phenoxy) is 1. The Balaban J connectivity index is 1.33. The van der Waals surface area contributed by atoms with Gasteiger partial charge in [0.25, 0.3) is 5.56 Å². The topological polar surface area (TPSA) is 80.1 Å². The molecule has 1 fully saturated rings. The first-order valence-electron chi connectivity index (χ1n) is 14.5. The van der Waals surface area contributed by atoms with Crippen LogP contribution < -0.4 is 5.56 Å². The summed E-state index contributed by atoms with van der Waals surface area (Å²) in [6, 6.07) is 15.5. The summed E-state index contributed by atoms with van der Waals surface area (Å²) in [5.41, 5.74) is 1.74. The summed E-state index contributed by atoms with van der Waals surface area (Å²) < 4.78 is 63.2. The summed E-state index contributed by atoms with van der Waals surface area (Å²) in [6.45, 7) is 2.11. The fourth-order valence-corrected chi connectivity index (χ4v) is 6.52. The second kappa shape index (κ2) is 14.3. The largest absolute Gasteiger partial charge is 0.609 e. The molecule has 10 heteroatoms. The fraction of sp³-hybridized carbons (Fsp3) is 0.364. The monoisotopic (exact) mass is 609 g/mol. The van der Waals surface area contributed by atoms with Crippen LogP contribution in [0.3, 0.4) is 0 Å². The minimum Gasteiger partial charge on any atom is -0.609 e. The van der Waals surface area contributed by atoms with E-state index in [1.807, 2.05) is 30.3 Å². The van der Waals surface area contributed by atoms with Crippen LogP contribution in [0.1, 0.15) is 61.4 Å². The van der Waals surface area contributed by atoms with E-state index in [1.165, 1.54) is 29.2 Å². The number of hydrogen-bond acceptors (Lipinski definition) is 5. The average molecular weight is 610 g/mol. The van der Waals surface area contributed by atoms with E-state index in [9.17, 15) is 22.5 Å². The highest BCUT2D eigenvalue weighted by molar-refractivity contribution is 7.91. The molecule has 0 amide bonds. The van der Waals surface area contributed by atoms with Gasteiger partial charge in [-0.3, -0.25) is 4.79 Å². The van der Waals surface area contributed by atoms with Crippen molar-refractivity contribution in [2.75, 3.05) is 5.75 Å². The second-order valence-corrected chi connectivity index (χ2v) is 12.5. The maximum atomic E-state index is 14.8. The van der Waals surface area contributed by atoms with Crippen LogP contribution in [0.4, 0.5) is 13.2 Å². The van der Waals surface area contributed by atoms with Gasteiger partial charge in [-0.2, -0.15) is 9.97 Å². The average Bonchev–Trinajstić information content (AvgIpc) is 3.00. The first-order chi connectivity index (χ1) is 20.8. The molecule has 1 aliphatic rings. The molecule has 2 heterocycles. The summed E-state index contributed by atoms with van der Waals surface area (Å²) in [4.78, 5) is 21.5. The number of pyridine rings is 1. The third-order valence-corrected chi connectivity index (χ3v) is 8.94. The third kappa shape index (κ3) is 8.13. The Bertz CT molecular complexity index is 1600. The van der Waals surface area contributed by atoms with Crippen LogP contribution in [0.2, 0.25) is 0 Å². The first kappa shape index (κ1) is 31.0. The second-order valence-electron chi connectivity index (χ2n) is 11.0. The van der Waals surface area contributed by atoms with E-state index < -0.39 is 40.3 Å². The molecule has 6 nitrogen and oxygen atoms in total. The van der Waals surface area contributed by atoms with Crippen molar-refractivity contribution in [3.05, 3.63) is 111 Å². The van der Waals surface area contributed by atoms with Crippen molar-refractivity contribution in [2.45, 2.75) is 69.9 Å². The molecule has 0 N–H and O–H groups in total. The van der Waals surface area contributed by atoms with E-state index in [-0.39, 0.29) is 23.1 Å². The van der Waals surface area contributed by atoms with Gasteiger partial charge in [0.05, 0.1) is 18.4 Å². The lowest BCUT2D eigenvalue weighted by atomic mass is 9.89. The Hall–Kier alpha value is -3.47. The quantitative estimate of drug-likeness (QED) is 0.134. The number of rotatable bonds is 11. The van der Waals surface area contributed by atoms with Crippen LogP contribution in [-0.4, -0.2) is 24.8 Å². The number of halogens is 3. The van der Waals surface area contributed by atoms with Crippen LogP contribution >= 0.6 is 0 Å². The van der Waals surface area contributed by atoms with Gasteiger partial charge in [0.15, 0.2) is 5.82 Å². The molecule has 0 saturated heterocycles. The molecule has 2 aromatic carbocycles. The van der Waals surface area contributed by atoms with Crippen molar-refractivity contribution < 1.29 is 22.5 Å². The van der Waals surface area contributed by atoms with E-state index in [0.717, 1.165) is 37.3 Å². The van der Waals surface area contributed by atoms with Gasteiger partial charge in [0.2, 0.25) is 0 Å². The highest BCUT2D eigenvalue weighted by Crippen LogP contribution is 2.28. The molecule has 2 aromatic heterocycles. The van der Waals surface area contributed by atoms with Crippen molar-refractivity contribution >= 4 is 11.2 Å². The maximum Gasteiger partial charge on any atom is 0.343 e. The number of aromatic nitrogens is 3. The predicted molar refractivity (Wildman–Crippen MR) is 159 cm³/mol. The highest BCUT2D eigenvalue weighted by atomic mass is 32.2. The van der Waals surface area contributed by atoms with Crippen molar-refractivity contribution in [3.63, 3.8) is 0 Å². The minimum atomic E-state index is -1.64. The fourth-order valence-electron chi connectivity index (χ4n) is 5.46. The number of nitrogens with zero attached hydrogens (tertiary/aromatic N) is 3. The molecule has 0 aliphatic heterocycles.